The third-order valence-electron chi connectivity index (χ3n) is 5.71. The quantitative estimate of drug-likeness (QED) is 0.542. The molecule has 0 bridgehead atoms. The molecule has 1 saturated carbocycles. The van der Waals surface area contributed by atoms with Gasteiger partial charge in [-0.05, 0) is 30.9 Å². The Kier molecular flexibility index (Phi) is 6.38. The Morgan fingerprint density at radius 1 is 1.25 bits per heavy atom. The van der Waals surface area contributed by atoms with E-state index in [1.807, 2.05) is 28.8 Å². The van der Waals surface area contributed by atoms with Crippen LogP contribution in [0.25, 0.3) is 10.9 Å². The summed E-state index contributed by atoms with van der Waals surface area (Å²) in [5, 5.41) is 1.59. The number of para-hydroxylation sites is 1. The van der Waals surface area contributed by atoms with Crippen molar-refractivity contribution in [3.63, 3.8) is 0 Å². The highest BCUT2D eigenvalue weighted by atomic mass is 32.2. The van der Waals surface area contributed by atoms with Gasteiger partial charge in [0.1, 0.15) is 0 Å². The molecule has 1 aromatic heterocycles. The Morgan fingerprint density at radius 3 is 2.82 bits per heavy atom. The van der Waals surface area contributed by atoms with Crippen LogP contribution < -0.4 is 5.56 Å². The van der Waals surface area contributed by atoms with Gasteiger partial charge in [-0.1, -0.05) is 50.6 Å². The van der Waals surface area contributed by atoms with Gasteiger partial charge in [0.25, 0.3) is 5.56 Å². The molecule has 5 nitrogen and oxygen atoms in total. The lowest BCUT2D eigenvalue weighted by molar-refractivity contribution is -0.0191. The lowest BCUT2D eigenvalue weighted by Crippen LogP contribution is -2.45. The summed E-state index contributed by atoms with van der Waals surface area (Å²) < 4.78 is 8.00. The predicted octanol–water partition coefficient (Wildman–Crippen LogP) is 3.96. The van der Waals surface area contributed by atoms with E-state index >= 15 is 0 Å². The summed E-state index contributed by atoms with van der Waals surface area (Å²) >= 11 is 1.69. The van der Waals surface area contributed by atoms with Gasteiger partial charge in [-0.25, -0.2) is 4.98 Å². The first kappa shape index (κ1) is 19.9. The molecule has 0 amide bonds. The predicted molar refractivity (Wildman–Crippen MR) is 115 cm³/mol. The maximum atomic E-state index is 13.2. The fourth-order valence-electron chi connectivity index (χ4n) is 4.44. The summed E-state index contributed by atoms with van der Waals surface area (Å²) in [5.41, 5.74) is 0.918. The van der Waals surface area contributed by atoms with Gasteiger partial charge in [0.2, 0.25) is 0 Å². The number of hydrogen-bond acceptors (Lipinski definition) is 5. The minimum Gasteiger partial charge on any atom is -0.375 e. The van der Waals surface area contributed by atoms with Crippen LogP contribution in [0.3, 0.4) is 0 Å². The average Bonchev–Trinajstić information content (AvgIpc) is 3.20. The molecule has 6 heteroatoms. The molecule has 4 rings (SSSR count). The fraction of sp³-hybridized carbons (Fsp3) is 0.636. The summed E-state index contributed by atoms with van der Waals surface area (Å²) in [6.45, 7) is 8.41. The summed E-state index contributed by atoms with van der Waals surface area (Å²) in [6, 6.07) is 8.02. The molecule has 28 heavy (non-hydrogen) atoms. The second-order valence-corrected chi connectivity index (χ2v) is 9.47. The molecule has 1 aliphatic heterocycles. The molecule has 0 N–H and O–H groups in total. The Labute approximate surface area is 171 Å². The molecule has 0 radical (unpaired) electrons. The van der Waals surface area contributed by atoms with E-state index in [9.17, 15) is 4.79 Å². The fourth-order valence-corrected chi connectivity index (χ4v) is 5.51. The minimum atomic E-state index is 0.117. The standard InChI is InChI=1S/C22H31N3O2S/c1-16(2)13-24-11-12-27-18(14-24)15-28-22-23-20-10-6-5-9-19(20)21(26)25(22)17-7-3-4-8-17/h5-6,9-10,16-18H,3-4,7-8,11-15H2,1-2H3/t18-/m1/s1. The van der Waals surface area contributed by atoms with Crippen LogP contribution in [0.2, 0.25) is 0 Å². The van der Waals surface area contributed by atoms with Gasteiger partial charge in [0.05, 0.1) is 23.6 Å². The van der Waals surface area contributed by atoms with Crippen molar-refractivity contribution in [3.8, 4) is 0 Å². The lowest BCUT2D eigenvalue weighted by atomic mass is 10.2. The summed E-state index contributed by atoms with van der Waals surface area (Å²) in [6.07, 6.45) is 4.75. The molecular weight excluding hydrogens is 370 g/mol. The van der Waals surface area contributed by atoms with Crippen LogP contribution in [-0.2, 0) is 4.74 Å². The summed E-state index contributed by atoms with van der Waals surface area (Å²) in [4.78, 5) is 20.6. The zero-order valence-corrected chi connectivity index (χ0v) is 17.8. The monoisotopic (exact) mass is 401 g/mol. The van der Waals surface area contributed by atoms with E-state index in [0.29, 0.717) is 5.92 Å². The summed E-state index contributed by atoms with van der Waals surface area (Å²) in [5.74, 6) is 1.51. The van der Waals surface area contributed by atoms with E-state index < -0.39 is 0 Å². The zero-order valence-electron chi connectivity index (χ0n) is 17.0. The molecule has 2 aliphatic rings. The largest absolute Gasteiger partial charge is 0.375 e. The number of ether oxygens (including phenoxy) is 1. The van der Waals surface area contributed by atoms with Gasteiger partial charge in [-0.15, -0.1) is 0 Å². The van der Waals surface area contributed by atoms with Crippen LogP contribution in [0, 0.1) is 5.92 Å². The molecule has 2 aromatic rings. The molecular formula is C22H31N3O2S. The first-order chi connectivity index (χ1) is 13.6. The van der Waals surface area contributed by atoms with Gasteiger partial charge in [0, 0.05) is 31.4 Å². The molecule has 0 spiro atoms. The Morgan fingerprint density at radius 2 is 2.04 bits per heavy atom. The van der Waals surface area contributed by atoms with Gasteiger partial charge in [0.15, 0.2) is 5.16 Å². The highest BCUT2D eigenvalue weighted by molar-refractivity contribution is 7.99. The number of hydrogen-bond donors (Lipinski definition) is 0. The zero-order chi connectivity index (χ0) is 19.5. The molecule has 0 unspecified atom stereocenters. The number of benzene rings is 1. The molecule has 152 valence electrons. The minimum absolute atomic E-state index is 0.117. The molecule has 1 aromatic carbocycles. The first-order valence-electron chi connectivity index (χ1n) is 10.6. The molecule has 1 aliphatic carbocycles. The highest BCUT2D eigenvalue weighted by Gasteiger charge is 2.25. The van der Waals surface area contributed by atoms with E-state index in [-0.39, 0.29) is 17.7 Å². The number of nitrogens with zero attached hydrogens (tertiary/aromatic N) is 3. The van der Waals surface area contributed by atoms with Crippen molar-refractivity contribution < 1.29 is 4.74 Å². The van der Waals surface area contributed by atoms with E-state index in [1.165, 1.54) is 12.8 Å². The maximum absolute atomic E-state index is 13.2. The maximum Gasteiger partial charge on any atom is 0.262 e. The third-order valence-corrected chi connectivity index (χ3v) is 6.79. The highest BCUT2D eigenvalue weighted by Crippen LogP contribution is 2.32. The number of thioether (sulfide) groups is 1. The van der Waals surface area contributed by atoms with E-state index in [4.69, 9.17) is 9.72 Å². The lowest BCUT2D eigenvalue weighted by Gasteiger charge is -2.33. The number of rotatable bonds is 6. The smallest absolute Gasteiger partial charge is 0.262 e. The van der Waals surface area contributed by atoms with Crippen LogP contribution in [-0.4, -0.2) is 52.5 Å². The average molecular weight is 402 g/mol. The topological polar surface area (TPSA) is 47.4 Å². The Balaban J connectivity index is 1.55. The van der Waals surface area contributed by atoms with Crippen molar-refractivity contribution >= 4 is 22.7 Å². The Hall–Kier alpha value is -1.37. The summed E-state index contributed by atoms with van der Waals surface area (Å²) in [7, 11) is 0. The molecule has 1 atom stereocenters. The van der Waals surface area contributed by atoms with Crippen molar-refractivity contribution in [2.24, 2.45) is 5.92 Å². The van der Waals surface area contributed by atoms with Gasteiger partial charge in [-0.2, -0.15) is 0 Å². The van der Waals surface area contributed by atoms with Crippen molar-refractivity contribution in [2.75, 3.05) is 32.0 Å². The van der Waals surface area contributed by atoms with Crippen LogP contribution in [0.1, 0.15) is 45.6 Å². The third kappa shape index (κ3) is 4.44. The number of aromatic nitrogens is 2. The Bertz CT molecular complexity index is 860. The second-order valence-electron chi connectivity index (χ2n) is 8.48. The first-order valence-corrected chi connectivity index (χ1v) is 11.6. The normalized spacial score (nSPS) is 21.8. The van der Waals surface area contributed by atoms with Crippen molar-refractivity contribution in [3.05, 3.63) is 34.6 Å². The molecule has 2 heterocycles. The van der Waals surface area contributed by atoms with Crippen LogP contribution in [0.15, 0.2) is 34.2 Å². The van der Waals surface area contributed by atoms with Crippen molar-refractivity contribution in [2.45, 2.75) is 56.8 Å². The SMILES string of the molecule is CC(C)CN1CCO[C@@H](CSc2nc3ccccc3c(=O)n2C2CCCC2)C1. The van der Waals surface area contributed by atoms with Crippen molar-refractivity contribution in [1.29, 1.82) is 0 Å². The van der Waals surface area contributed by atoms with Gasteiger partial charge < -0.3 is 4.74 Å². The number of morpholine rings is 1. The number of fused-ring (bicyclic) bond motifs is 1. The van der Waals surface area contributed by atoms with Crippen LogP contribution in [0.4, 0.5) is 0 Å². The van der Waals surface area contributed by atoms with Crippen LogP contribution in [0.5, 0.6) is 0 Å². The molecule has 2 fully saturated rings. The van der Waals surface area contributed by atoms with E-state index in [0.717, 1.165) is 60.9 Å². The second kappa shape index (κ2) is 8.97. The van der Waals surface area contributed by atoms with Gasteiger partial charge in [-0.3, -0.25) is 14.3 Å². The van der Waals surface area contributed by atoms with E-state index in [1.54, 1.807) is 11.8 Å². The van der Waals surface area contributed by atoms with E-state index in [2.05, 4.69) is 18.7 Å². The molecule has 1 saturated heterocycles. The van der Waals surface area contributed by atoms with Crippen LogP contribution >= 0.6 is 11.8 Å². The van der Waals surface area contributed by atoms with Gasteiger partial charge >= 0.3 is 0 Å². The van der Waals surface area contributed by atoms with Crippen molar-refractivity contribution in [1.82, 2.24) is 14.5 Å².